The zero-order valence-electron chi connectivity index (χ0n) is 9.44. The van der Waals surface area contributed by atoms with Crippen LogP contribution in [-0.4, -0.2) is 28.0 Å². The van der Waals surface area contributed by atoms with Crippen LogP contribution in [-0.2, 0) is 6.54 Å². The van der Waals surface area contributed by atoms with Gasteiger partial charge < -0.3 is 9.84 Å². The molecule has 0 bridgehead atoms. The van der Waals surface area contributed by atoms with Crippen molar-refractivity contribution >= 4 is 5.97 Å². The quantitative estimate of drug-likeness (QED) is 0.827. The van der Waals surface area contributed by atoms with Gasteiger partial charge in [-0.1, -0.05) is 20.8 Å². The van der Waals surface area contributed by atoms with Gasteiger partial charge in [0, 0.05) is 6.54 Å². The smallest absolute Gasteiger partial charge is 0.342 e. The minimum Gasteiger partial charge on any atom is -0.481 e. The Labute approximate surface area is 88.7 Å². The summed E-state index contributed by atoms with van der Waals surface area (Å²) in [5, 5.41) is 12.9. The van der Waals surface area contributed by atoms with E-state index >= 15 is 0 Å². The zero-order chi connectivity index (χ0) is 11.6. The van der Waals surface area contributed by atoms with Crippen molar-refractivity contribution in [1.29, 1.82) is 0 Å². The van der Waals surface area contributed by atoms with Gasteiger partial charge in [0.2, 0.25) is 5.88 Å². The Kier molecular flexibility index (Phi) is 3.02. The third kappa shape index (κ3) is 2.71. The van der Waals surface area contributed by atoms with Crippen molar-refractivity contribution in [3.8, 4) is 5.88 Å². The van der Waals surface area contributed by atoms with Crippen molar-refractivity contribution in [2.24, 2.45) is 5.41 Å². The molecule has 0 saturated carbocycles. The van der Waals surface area contributed by atoms with Gasteiger partial charge >= 0.3 is 5.97 Å². The van der Waals surface area contributed by atoms with Crippen molar-refractivity contribution in [3.63, 3.8) is 0 Å². The summed E-state index contributed by atoms with van der Waals surface area (Å²) in [7, 11) is 1.45. The molecule has 1 aromatic heterocycles. The van der Waals surface area contributed by atoms with Gasteiger partial charge in [-0.15, -0.1) is 0 Å². The van der Waals surface area contributed by atoms with E-state index in [1.807, 2.05) is 0 Å². The number of hydrogen-bond donors (Lipinski definition) is 1. The lowest BCUT2D eigenvalue weighted by Gasteiger charge is -2.19. The molecule has 0 spiro atoms. The van der Waals surface area contributed by atoms with Gasteiger partial charge in [0.1, 0.15) is 5.56 Å². The topological polar surface area (TPSA) is 64.3 Å². The summed E-state index contributed by atoms with van der Waals surface area (Å²) in [4.78, 5) is 10.8. The van der Waals surface area contributed by atoms with Crippen LogP contribution in [0.1, 0.15) is 31.1 Å². The number of aromatic carboxylic acids is 1. The molecule has 1 heterocycles. The van der Waals surface area contributed by atoms with Crippen LogP contribution in [0.3, 0.4) is 0 Å². The minimum atomic E-state index is -1.02. The first-order valence-corrected chi connectivity index (χ1v) is 4.68. The highest BCUT2D eigenvalue weighted by Crippen LogP contribution is 2.23. The molecule has 0 fully saturated rings. The molecule has 0 unspecified atom stereocenters. The van der Waals surface area contributed by atoms with Crippen LogP contribution in [0.15, 0.2) is 6.20 Å². The number of aromatic nitrogens is 2. The maximum absolute atomic E-state index is 10.8. The number of nitrogens with zero attached hydrogens (tertiary/aromatic N) is 2. The molecule has 0 aliphatic carbocycles. The number of carbonyl (C=O) groups is 1. The average molecular weight is 212 g/mol. The lowest BCUT2D eigenvalue weighted by molar-refractivity contribution is 0.0692. The first-order chi connectivity index (χ1) is 6.85. The maximum atomic E-state index is 10.8. The van der Waals surface area contributed by atoms with E-state index in [1.54, 1.807) is 4.68 Å². The van der Waals surface area contributed by atoms with Crippen LogP contribution in [0.2, 0.25) is 0 Å². The second-order valence-electron chi connectivity index (χ2n) is 4.59. The van der Waals surface area contributed by atoms with Crippen molar-refractivity contribution < 1.29 is 14.6 Å². The van der Waals surface area contributed by atoms with E-state index in [2.05, 4.69) is 25.9 Å². The monoisotopic (exact) mass is 212 g/mol. The fraction of sp³-hybridized carbons (Fsp3) is 0.600. The van der Waals surface area contributed by atoms with E-state index in [1.165, 1.54) is 13.3 Å². The van der Waals surface area contributed by atoms with E-state index in [0.29, 0.717) is 12.4 Å². The number of hydrogen-bond acceptors (Lipinski definition) is 3. The molecule has 0 atom stereocenters. The predicted molar refractivity (Wildman–Crippen MR) is 55.2 cm³/mol. The number of carboxylic acids is 1. The van der Waals surface area contributed by atoms with Gasteiger partial charge in [0.15, 0.2) is 0 Å². The van der Waals surface area contributed by atoms with Crippen LogP contribution >= 0.6 is 0 Å². The normalized spacial score (nSPS) is 11.5. The molecule has 15 heavy (non-hydrogen) atoms. The Morgan fingerprint density at radius 2 is 2.20 bits per heavy atom. The van der Waals surface area contributed by atoms with E-state index in [0.717, 1.165) is 0 Å². The van der Waals surface area contributed by atoms with Gasteiger partial charge in [-0.05, 0) is 5.41 Å². The lowest BCUT2D eigenvalue weighted by Crippen LogP contribution is -2.17. The molecule has 1 N–H and O–H groups in total. The summed E-state index contributed by atoms with van der Waals surface area (Å²) in [6, 6.07) is 0. The van der Waals surface area contributed by atoms with Crippen LogP contribution in [0, 0.1) is 5.41 Å². The van der Waals surface area contributed by atoms with Crippen molar-refractivity contribution in [3.05, 3.63) is 11.8 Å². The number of rotatable bonds is 3. The van der Waals surface area contributed by atoms with E-state index in [-0.39, 0.29) is 11.0 Å². The fourth-order valence-electron chi connectivity index (χ4n) is 1.30. The number of carboxylic acid groups (broad SMARTS) is 1. The average Bonchev–Trinajstić information content (AvgIpc) is 2.44. The molecule has 5 heteroatoms. The SMILES string of the molecule is COc1c(C(=O)O)cnn1CC(C)(C)C. The van der Waals surface area contributed by atoms with Crippen molar-refractivity contribution in [2.45, 2.75) is 27.3 Å². The molecule has 84 valence electrons. The Balaban J connectivity index is 3.05. The van der Waals surface area contributed by atoms with Crippen LogP contribution in [0.25, 0.3) is 0 Å². The molecule has 1 rings (SSSR count). The number of methoxy groups -OCH3 is 1. The van der Waals surface area contributed by atoms with E-state index in [4.69, 9.17) is 9.84 Å². The lowest BCUT2D eigenvalue weighted by atomic mass is 9.97. The van der Waals surface area contributed by atoms with Gasteiger partial charge in [0.25, 0.3) is 0 Å². The molecule has 5 nitrogen and oxygen atoms in total. The highest BCUT2D eigenvalue weighted by molar-refractivity contribution is 5.89. The molecule has 0 amide bonds. The predicted octanol–water partition coefficient (Wildman–Crippen LogP) is 1.64. The number of ether oxygens (including phenoxy) is 1. The zero-order valence-corrected chi connectivity index (χ0v) is 9.44. The van der Waals surface area contributed by atoms with Crippen LogP contribution < -0.4 is 4.74 Å². The molecule has 0 aromatic carbocycles. The first kappa shape index (κ1) is 11.6. The highest BCUT2D eigenvalue weighted by atomic mass is 16.5. The summed E-state index contributed by atoms with van der Waals surface area (Å²) in [6.45, 7) is 6.77. The summed E-state index contributed by atoms with van der Waals surface area (Å²) < 4.78 is 6.62. The molecule has 0 saturated heterocycles. The third-order valence-corrected chi connectivity index (χ3v) is 1.84. The Morgan fingerprint density at radius 3 is 2.60 bits per heavy atom. The summed E-state index contributed by atoms with van der Waals surface area (Å²) in [5.41, 5.74) is 0.122. The summed E-state index contributed by atoms with van der Waals surface area (Å²) in [5.74, 6) is -0.718. The molecule has 0 aliphatic rings. The Morgan fingerprint density at radius 1 is 1.60 bits per heavy atom. The first-order valence-electron chi connectivity index (χ1n) is 4.68. The summed E-state index contributed by atoms with van der Waals surface area (Å²) in [6.07, 6.45) is 1.31. The van der Waals surface area contributed by atoms with Gasteiger partial charge in [0.05, 0.1) is 13.3 Å². The Bertz CT molecular complexity index is 363. The largest absolute Gasteiger partial charge is 0.481 e. The molecule has 0 radical (unpaired) electrons. The second kappa shape index (κ2) is 3.92. The van der Waals surface area contributed by atoms with Gasteiger partial charge in [-0.3, -0.25) is 0 Å². The second-order valence-corrected chi connectivity index (χ2v) is 4.59. The van der Waals surface area contributed by atoms with Crippen LogP contribution in [0.4, 0.5) is 0 Å². The van der Waals surface area contributed by atoms with E-state index < -0.39 is 5.97 Å². The molecule has 0 aliphatic heterocycles. The van der Waals surface area contributed by atoms with Crippen LogP contribution in [0.5, 0.6) is 5.88 Å². The van der Waals surface area contributed by atoms with Crippen molar-refractivity contribution in [2.75, 3.05) is 7.11 Å². The molecule has 1 aromatic rings. The molecular weight excluding hydrogens is 196 g/mol. The maximum Gasteiger partial charge on any atom is 0.342 e. The standard InChI is InChI=1S/C10H16N2O3/c1-10(2,3)6-12-8(15-4)7(5-11-12)9(13)14/h5H,6H2,1-4H3,(H,13,14). The van der Waals surface area contributed by atoms with Gasteiger partial charge in [-0.25, -0.2) is 9.48 Å². The fourth-order valence-corrected chi connectivity index (χ4v) is 1.30. The summed E-state index contributed by atoms with van der Waals surface area (Å²) >= 11 is 0. The van der Waals surface area contributed by atoms with E-state index in [9.17, 15) is 4.79 Å². The Hall–Kier alpha value is -1.52. The highest BCUT2D eigenvalue weighted by Gasteiger charge is 2.20. The van der Waals surface area contributed by atoms with Crippen molar-refractivity contribution in [1.82, 2.24) is 9.78 Å². The molecular formula is C10H16N2O3. The third-order valence-electron chi connectivity index (χ3n) is 1.84. The van der Waals surface area contributed by atoms with Gasteiger partial charge in [-0.2, -0.15) is 5.10 Å². The minimum absolute atomic E-state index is 0.0229.